The fraction of sp³-hybridized carbons (Fsp3) is 0.188. The minimum atomic E-state index is -0.0397. The van der Waals surface area contributed by atoms with Crippen LogP contribution in [0.1, 0.15) is 12.0 Å². The number of carbonyl (C=O) groups is 1. The van der Waals surface area contributed by atoms with Gasteiger partial charge in [-0.1, -0.05) is 18.2 Å². The highest BCUT2D eigenvalue weighted by atomic mass is 16.1. The Hall–Kier alpha value is -3.09. The van der Waals surface area contributed by atoms with Gasteiger partial charge in [-0.3, -0.25) is 9.78 Å². The summed E-state index contributed by atoms with van der Waals surface area (Å²) in [7, 11) is 1.77. The molecule has 0 atom stereocenters. The molecule has 2 aromatic heterocycles. The van der Waals surface area contributed by atoms with Crippen molar-refractivity contribution in [2.45, 2.75) is 12.8 Å². The number of nitrogens with one attached hydrogen (secondary N) is 1. The number of hydrogen-bond acceptors (Lipinski definition) is 5. The third-order valence-corrected chi connectivity index (χ3v) is 3.39. The molecule has 0 radical (unpaired) electrons. The summed E-state index contributed by atoms with van der Waals surface area (Å²) in [6, 6.07) is 11.3. The molecule has 0 aliphatic heterocycles. The van der Waals surface area contributed by atoms with Gasteiger partial charge < -0.3 is 5.32 Å². The van der Waals surface area contributed by atoms with Crippen LogP contribution in [0.2, 0.25) is 0 Å². The molecule has 116 valence electrons. The molecule has 1 amide bonds. The average Bonchev–Trinajstić information content (AvgIpc) is 3.00. The van der Waals surface area contributed by atoms with E-state index in [9.17, 15) is 4.79 Å². The summed E-state index contributed by atoms with van der Waals surface area (Å²) in [6.45, 7) is 0. The minimum Gasteiger partial charge on any atom is -0.326 e. The van der Waals surface area contributed by atoms with Crippen molar-refractivity contribution in [3.05, 3.63) is 54.4 Å². The molecule has 0 aliphatic carbocycles. The Morgan fingerprint density at radius 2 is 2.17 bits per heavy atom. The molecule has 1 aromatic carbocycles. The van der Waals surface area contributed by atoms with E-state index in [0.717, 1.165) is 16.8 Å². The van der Waals surface area contributed by atoms with Gasteiger partial charge in [0, 0.05) is 37.1 Å². The summed E-state index contributed by atoms with van der Waals surface area (Å²) in [6.07, 6.45) is 4.55. The zero-order valence-electron chi connectivity index (χ0n) is 12.7. The Kier molecular flexibility index (Phi) is 4.37. The summed E-state index contributed by atoms with van der Waals surface area (Å²) in [5.41, 5.74) is 2.62. The molecule has 3 rings (SSSR count). The lowest BCUT2D eigenvalue weighted by Gasteiger charge is -2.07. The van der Waals surface area contributed by atoms with Crippen molar-refractivity contribution in [3.63, 3.8) is 0 Å². The Bertz CT molecular complexity index is 799. The van der Waals surface area contributed by atoms with Crippen molar-refractivity contribution in [2.75, 3.05) is 5.32 Å². The number of tetrazole rings is 1. The first-order chi connectivity index (χ1) is 11.2. The normalized spacial score (nSPS) is 10.5. The van der Waals surface area contributed by atoms with Crippen molar-refractivity contribution >= 4 is 11.6 Å². The number of pyridine rings is 1. The molecule has 23 heavy (non-hydrogen) atoms. The Labute approximate surface area is 133 Å². The van der Waals surface area contributed by atoms with Crippen molar-refractivity contribution in [3.8, 4) is 11.4 Å². The fourth-order valence-electron chi connectivity index (χ4n) is 2.24. The zero-order chi connectivity index (χ0) is 16.1. The standard InChI is InChI=1S/C16H16N6O/c1-22-16(19-20-21-22)13-5-2-6-14(10-13)18-15(23)8-7-12-4-3-9-17-11-12/h2-6,9-11H,7-8H2,1H3,(H,18,23). The maximum atomic E-state index is 12.1. The molecule has 0 bridgehead atoms. The highest BCUT2D eigenvalue weighted by molar-refractivity contribution is 5.91. The van der Waals surface area contributed by atoms with Crippen molar-refractivity contribution in [1.82, 2.24) is 25.2 Å². The van der Waals surface area contributed by atoms with Crippen LogP contribution < -0.4 is 5.32 Å². The molecule has 0 saturated carbocycles. The largest absolute Gasteiger partial charge is 0.326 e. The van der Waals surface area contributed by atoms with Gasteiger partial charge in [-0.25, -0.2) is 4.68 Å². The van der Waals surface area contributed by atoms with Crippen LogP contribution in [-0.4, -0.2) is 31.1 Å². The smallest absolute Gasteiger partial charge is 0.224 e. The molecule has 7 nitrogen and oxygen atoms in total. The molecule has 2 heterocycles. The zero-order valence-corrected chi connectivity index (χ0v) is 12.7. The molecule has 0 saturated heterocycles. The number of benzene rings is 1. The second-order valence-corrected chi connectivity index (χ2v) is 5.12. The van der Waals surface area contributed by atoms with Crippen LogP contribution in [0.25, 0.3) is 11.4 Å². The maximum Gasteiger partial charge on any atom is 0.224 e. The Balaban J connectivity index is 1.64. The predicted molar refractivity (Wildman–Crippen MR) is 85.4 cm³/mol. The second kappa shape index (κ2) is 6.78. The highest BCUT2D eigenvalue weighted by Crippen LogP contribution is 2.19. The predicted octanol–water partition coefficient (Wildman–Crippen LogP) is 1.84. The van der Waals surface area contributed by atoms with Crippen LogP contribution >= 0.6 is 0 Å². The maximum absolute atomic E-state index is 12.1. The quantitative estimate of drug-likeness (QED) is 0.777. The lowest BCUT2D eigenvalue weighted by atomic mass is 10.1. The molecule has 0 unspecified atom stereocenters. The van der Waals surface area contributed by atoms with Crippen molar-refractivity contribution < 1.29 is 4.79 Å². The van der Waals surface area contributed by atoms with E-state index in [1.807, 2.05) is 36.4 Å². The number of hydrogen-bond donors (Lipinski definition) is 1. The first kappa shape index (κ1) is 14.8. The average molecular weight is 308 g/mol. The number of aromatic nitrogens is 5. The van der Waals surface area contributed by atoms with Gasteiger partial charge in [0.2, 0.25) is 5.91 Å². The SMILES string of the molecule is Cn1nnnc1-c1cccc(NC(=O)CCc2cccnc2)c1. The van der Waals surface area contributed by atoms with Crippen LogP contribution in [0.3, 0.4) is 0 Å². The summed E-state index contributed by atoms with van der Waals surface area (Å²) in [4.78, 5) is 16.1. The van der Waals surface area contributed by atoms with E-state index < -0.39 is 0 Å². The molecule has 0 fully saturated rings. The summed E-state index contributed by atoms with van der Waals surface area (Å²) >= 11 is 0. The van der Waals surface area contributed by atoms with E-state index in [2.05, 4.69) is 25.8 Å². The Morgan fingerprint density at radius 1 is 1.26 bits per heavy atom. The molecule has 3 aromatic rings. The number of aryl methyl sites for hydroxylation is 2. The summed E-state index contributed by atoms with van der Waals surface area (Å²) in [5, 5.41) is 14.3. The number of amides is 1. The first-order valence-corrected chi connectivity index (χ1v) is 7.24. The Morgan fingerprint density at radius 3 is 2.91 bits per heavy atom. The van der Waals surface area contributed by atoms with Crippen LogP contribution in [-0.2, 0) is 18.3 Å². The van der Waals surface area contributed by atoms with Gasteiger partial charge in [-0.15, -0.1) is 5.10 Å². The van der Waals surface area contributed by atoms with Crippen LogP contribution in [0, 0.1) is 0 Å². The van der Waals surface area contributed by atoms with Gasteiger partial charge in [-0.2, -0.15) is 0 Å². The number of rotatable bonds is 5. The lowest BCUT2D eigenvalue weighted by Crippen LogP contribution is -2.12. The second-order valence-electron chi connectivity index (χ2n) is 5.12. The van der Waals surface area contributed by atoms with Gasteiger partial charge >= 0.3 is 0 Å². The molecule has 0 spiro atoms. The summed E-state index contributed by atoms with van der Waals surface area (Å²) < 4.78 is 1.59. The van der Waals surface area contributed by atoms with Crippen molar-refractivity contribution in [2.24, 2.45) is 7.05 Å². The topological polar surface area (TPSA) is 85.6 Å². The van der Waals surface area contributed by atoms with Gasteiger partial charge in [0.05, 0.1) is 0 Å². The van der Waals surface area contributed by atoms with E-state index in [-0.39, 0.29) is 5.91 Å². The van der Waals surface area contributed by atoms with Crippen LogP contribution in [0.15, 0.2) is 48.8 Å². The van der Waals surface area contributed by atoms with E-state index in [1.54, 1.807) is 24.1 Å². The van der Waals surface area contributed by atoms with E-state index in [4.69, 9.17) is 0 Å². The summed E-state index contributed by atoms with van der Waals surface area (Å²) in [5.74, 6) is 0.610. The van der Waals surface area contributed by atoms with Gasteiger partial charge in [0.15, 0.2) is 5.82 Å². The molecule has 0 aliphatic rings. The van der Waals surface area contributed by atoms with E-state index in [1.165, 1.54) is 0 Å². The van der Waals surface area contributed by atoms with Gasteiger partial charge in [0.25, 0.3) is 0 Å². The van der Waals surface area contributed by atoms with Crippen LogP contribution in [0.4, 0.5) is 5.69 Å². The third kappa shape index (κ3) is 3.76. The van der Waals surface area contributed by atoms with E-state index in [0.29, 0.717) is 18.7 Å². The number of carbonyl (C=O) groups excluding carboxylic acids is 1. The fourth-order valence-corrected chi connectivity index (χ4v) is 2.24. The number of anilines is 1. The van der Waals surface area contributed by atoms with Crippen molar-refractivity contribution in [1.29, 1.82) is 0 Å². The van der Waals surface area contributed by atoms with E-state index >= 15 is 0 Å². The highest BCUT2D eigenvalue weighted by Gasteiger charge is 2.08. The first-order valence-electron chi connectivity index (χ1n) is 7.24. The third-order valence-electron chi connectivity index (χ3n) is 3.39. The molecular weight excluding hydrogens is 292 g/mol. The minimum absolute atomic E-state index is 0.0397. The molecule has 1 N–H and O–H groups in total. The molecular formula is C16H16N6O. The monoisotopic (exact) mass is 308 g/mol. The number of nitrogens with zero attached hydrogens (tertiary/aromatic N) is 5. The van der Waals surface area contributed by atoms with Crippen LogP contribution in [0.5, 0.6) is 0 Å². The molecule has 7 heteroatoms. The lowest BCUT2D eigenvalue weighted by molar-refractivity contribution is -0.116. The van der Waals surface area contributed by atoms with Gasteiger partial charge in [-0.05, 0) is 40.6 Å². The van der Waals surface area contributed by atoms with Gasteiger partial charge in [0.1, 0.15) is 0 Å².